The molecule has 80 valence electrons. The van der Waals surface area contributed by atoms with Crippen LogP contribution in [0.25, 0.3) is 0 Å². The molecule has 0 atom stereocenters. The Labute approximate surface area is 81.4 Å². The van der Waals surface area contributed by atoms with E-state index in [9.17, 15) is 0 Å². The average Bonchev–Trinajstić information content (AvgIpc) is 2.00. The summed E-state index contributed by atoms with van der Waals surface area (Å²) in [6.07, 6.45) is 2.96. The fourth-order valence-corrected chi connectivity index (χ4v) is 1.32. The van der Waals surface area contributed by atoms with E-state index in [2.05, 4.69) is 18.7 Å². The molecule has 0 fully saturated rings. The summed E-state index contributed by atoms with van der Waals surface area (Å²) in [5, 5.41) is 0. The van der Waals surface area contributed by atoms with Crippen LogP contribution in [0.3, 0.4) is 0 Å². The van der Waals surface area contributed by atoms with Crippen LogP contribution in [-0.2, 0) is 0 Å². The minimum atomic E-state index is -1.01. The van der Waals surface area contributed by atoms with Crippen molar-refractivity contribution in [3.63, 3.8) is 0 Å². The van der Waals surface area contributed by atoms with E-state index in [4.69, 9.17) is 17.2 Å². The summed E-state index contributed by atoms with van der Waals surface area (Å²) in [5.41, 5.74) is 16.5. The maximum absolute atomic E-state index is 5.50. The quantitative estimate of drug-likeness (QED) is 0.492. The first-order valence-corrected chi connectivity index (χ1v) is 5.08. The SMILES string of the molecule is CCCN(CCC)CCC(N)(N)N. The van der Waals surface area contributed by atoms with Crippen molar-refractivity contribution in [3.05, 3.63) is 0 Å². The monoisotopic (exact) mass is 188 g/mol. The average molecular weight is 188 g/mol. The highest BCUT2D eigenvalue weighted by molar-refractivity contribution is 4.70. The molecule has 0 saturated carbocycles. The van der Waals surface area contributed by atoms with E-state index in [0.717, 1.165) is 32.5 Å². The molecule has 0 spiro atoms. The molecule has 0 amide bonds. The van der Waals surface area contributed by atoms with Crippen molar-refractivity contribution in [2.75, 3.05) is 19.6 Å². The molecule has 0 rings (SSSR count). The van der Waals surface area contributed by atoms with Gasteiger partial charge in [-0.2, -0.15) is 0 Å². The maximum Gasteiger partial charge on any atom is 0.117 e. The van der Waals surface area contributed by atoms with Gasteiger partial charge in [-0.1, -0.05) is 13.8 Å². The lowest BCUT2D eigenvalue weighted by Crippen LogP contribution is -2.59. The molecule has 4 nitrogen and oxygen atoms in total. The zero-order valence-electron chi connectivity index (χ0n) is 8.92. The molecule has 0 saturated heterocycles. The first-order chi connectivity index (χ1) is 5.99. The zero-order chi connectivity index (χ0) is 10.3. The number of hydrogen-bond acceptors (Lipinski definition) is 4. The normalized spacial score (nSPS) is 12.5. The molecule has 0 aliphatic carbocycles. The highest BCUT2D eigenvalue weighted by Crippen LogP contribution is 1.98. The van der Waals surface area contributed by atoms with Crippen LogP contribution in [0.4, 0.5) is 0 Å². The van der Waals surface area contributed by atoms with Crippen LogP contribution in [0.1, 0.15) is 33.1 Å². The van der Waals surface area contributed by atoms with Crippen molar-refractivity contribution in [2.45, 2.75) is 38.9 Å². The first-order valence-electron chi connectivity index (χ1n) is 5.08. The first kappa shape index (κ1) is 12.8. The van der Waals surface area contributed by atoms with Crippen molar-refractivity contribution < 1.29 is 0 Å². The lowest BCUT2D eigenvalue weighted by atomic mass is 10.2. The molecule has 0 bridgehead atoms. The minimum absolute atomic E-state index is 0.646. The Hall–Kier alpha value is -0.160. The van der Waals surface area contributed by atoms with Gasteiger partial charge < -0.3 is 22.1 Å². The van der Waals surface area contributed by atoms with Gasteiger partial charge in [0.15, 0.2) is 0 Å². The van der Waals surface area contributed by atoms with E-state index in [-0.39, 0.29) is 0 Å². The number of hydrogen-bond donors (Lipinski definition) is 3. The van der Waals surface area contributed by atoms with Gasteiger partial charge in [-0.05, 0) is 25.9 Å². The Balaban J connectivity index is 3.68. The molecular weight excluding hydrogens is 164 g/mol. The molecule has 0 aromatic rings. The highest BCUT2D eigenvalue weighted by atomic mass is 15.2. The second-order valence-electron chi connectivity index (χ2n) is 3.70. The summed E-state index contributed by atoms with van der Waals surface area (Å²) in [6.45, 7) is 7.44. The van der Waals surface area contributed by atoms with Crippen LogP contribution in [0.15, 0.2) is 0 Å². The van der Waals surface area contributed by atoms with E-state index in [1.807, 2.05) is 0 Å². The lowest BCUT2D eigenvalue weighted by molar-refractivity contribution is 0.242. The third-order valence-corrected chi connectivity index (χ3v) is 1.94. The second kappa shape index (κ2) is 6.32. The maximum atomic E-state index is 5.50. The van der Waals surface area contributed by atoms with Gasteiger partial charge in [0, 0.05) is 13.0 Å². The smallest absolute Gasteiger partial charge is 0.117 e. The largest absolute Gasteiger partial charge is 0.303 e. The van der Waals surface area contributed by atoms with E-state index < -0.39 is 5.79 Å². The molecule has 6 N–H and O–H groups in total. The van der Waals surface area contributed by atoms with Crippen molar-refractivity contribution in [2.24, 2.45) is 17.2 Å². The predicted octanol–water partition coefficient (Wildman–Crippen LogP) is 0.0284. The molecule has 0 aliphatic heterocycles. The van der Waals surface area contributed by atoms with Crippen molar-refractivity contribution in [1.82, 2.24) is 4.90 Å². The van der Waals surface area contributed by atoms with Gasteiger partial charge in [-0.25, -0.2) is 0 Å². The van der Waals surface area contributed by atoms with Crippen molar-refractivity contribution in [1.29, 1.82) is 0 Å². The van der Waals surface area contributed by atoms with E-state index in [1.54, 1.807) is 0 Å². The van der Waals surface area contributed by atoms with Crippen molar-refractivity contribution in [3.8, 4) is 0 Å². The molecule has 0 unspecified atom stereocenters. The van der Waals surface area contributed by atoms with Gasteiger partial charge in [0.2, 0.25) is 0 Å². The van der Waals surface area contributed by atoms with Crippen LogP contribution in [0.5, 0.6) is 0 Å². The summed E-state index contributed by atoms with van der Waals surface area (Å²) < 4.78 is 0. The molecule has 0 aliphatic rings. The zero-order valence-corrected chi connectivity index (χ0v) is 8.92. The fourth-order valence-electron chi connectivity index (χ4n) is 1.32. The predicted molar refractivity (Wildman–Crippen MR) is 56.9 cm³/mol. The Morgan fingerprint density at radius 1 is 0.923 bits per heavy atom. The third kappa shape index (κ3) is 8.18. The Kier molecular flexibility index (Phi) is 6.24. The van der Waals surface area contributed by atoms with Gasteiger partial charge >= 0.3 is 0 Å². The summed E-state index contributed by atoms with van der Waals surface area (Å²) >= 11 is 0. The van der Waals surface area contributed by atoms with Crippen molar-refractivity contribution >= 4 is 0 Å². The Morgan fingerprint density at radius 3 is 1.69 bits per heavy atom. The van der Waals surface area contributed by atoms with Crippen LogP contribution in [0, 0.1) is 0 Å². The lowest BCUT2D eigenvalue weighted by Gasteiger charge is -2.25. The van der Waals surface area contributed by atoms with E-state index in [1.165, 1.54) is 0 Å². The molecule has 0 aromatic heterocycles. The molecule has 0 radical (unpaired) electrons. The minimum Gasteiger partial charge on any atom is -0.303 e. The van der Waals surface area contributed by atoms with Gasteiger partial charge in [-0.3, -0.25) is 0 Å². The summed E-state index contributed by atoms with van der Waals surface area (Å²) in [4.78, 5) is 2.35. The summed E-state index contributed by atoms with van der Waals surface area (Å²) in [6, 6.07) is 0. The van der Waals surface area contributed by atoms with Gasteiger partial charge in [0.05, 0.1) is 0 Å². The standard InChI is InChI=1S/C9H24N4/c1-3-6-13(7-4-2)8-5-9(10,11)12/h3-8,10-12H2,1-2H3. The fraction of sp³-hybridized carbons (Fsp3) is 1.00. The van der Waals surface area contributed by atoms with Crippen LogP contribution >= 0.6 is 0 Å². The van der Waals surface area contributed by atoms with E-state index in [0.29, 0.717) is 6.42 Å². The van der Waals surface area contributed by atoms with Crippen LogP contribution in [0.2, 0.25) is 0 Å². The highest BCUT2D eigenvalue weighted by Gasteiger charge is 2.13. The topological polar surface area (TPSA) is 81.3 Å². The third-order valence-electron chi connectivity index (χ3n) is 1.94. The van der Waals surface area contributed by atoms with Crippen LogP contribution < -0.4 is 17.2 Å². The van der Waals surface area contributed by atoms with E-state index >= 15 is 0 Å². The number of nitrogens with zero attached hydrogens (tertiary/aromatic N) is 1. The molecule has 0 heterocycles. The summed E-state index contributed by atoms with van der Waals surface area (Å²) in [5.74, 6) is -1.01. The summed E-state index contributed by atoms with van der Waals surface area (Å²) in [7, 11) is 0. The molecule has 4 heteroatoms. The van der Waals surface area contributed by atoms with Crippen LogP contribution in [-0.4, -0.2) is 30.3 Å². The Bertz CT molecular complexity index is 113. The molecule has 13 heavy (non-hydrogen) atoms. The Morgan fingerprint density at radius 2 is 1.38 bits per heavy atom. The second-order valence-corrected chi connectivity index (χ2v) is 3.70. The molecule has 0 aromatic carbocycles. The molecular formula is C9H24N4. The number of rotatable bonds is 7. The van der Waals surface area contributed by atoms with Gasteiger partial charge in [0.1, 0.15) is 5.79 Å². The van der Waals surface area contributed by atoms with Gasteiger partial charge in [0.25, 0.3) is 0 Å². The number of nitrogens with two attached hydrogens (primary N) is 3. The van der Waals surface area contributed by atoms with Gasteiger partial charge in [-0.15, -0.1) is 0 Å².